The highest BCUT2D eigenvalue weighted by Gasteiger charge is 2.27. The van der Waals surface area contributed by atoms with Gasteiger partial charge in [0.1, 0.15) is 19.2 Å². The van der Waals surface area contributed by atoms with E-state index in [4.69, 9.17) is 16.7 Å². The van der Waals surface area contributed by atoms with Gasteiger partial charge in [0.25, 0.3) is 5.56 Å². The Kier molecular flexibility index (Phi) is 10.1. The summed E-state index contributed by atoms with van der Waals surface area (Å²) in [5, 5.41) is 11.5. The zero-order chi connectivity index (χ0) is 27.9. The highest BCUT2D eigenvalue weighted by atomic mass is 35.5. The third-order valence-electron chi connectivity index (χ3n) is 4.63. The molecule has 14 heteroatoms. The van der Waals surface area contributed by atoms with Gasteiger partial charge in [-0.2, -0.15) is 8.78 Å². The van der Waals surface area contributed by atoms with Crippen LogP contribution in [0.15, 0.2) is 35.4 Å². The fourth-order valence-corrected chi connectivity index (χ4v) is 3.15. The van der Waals surface area contributed by atoms with Gasteiger partial charge in [-0.05, 0) is 18.2 Å². The van der Waals surface area contributed by atoms with E-state index < -0.39 is 77.9 Å². The minimum Gasteiger partial charge on any atom is -0.481 e. The van der Waals surface area contributed by atoms with Gasteiger partial charge >= 0.3 is 5.97 Å². The molecule has 9 nitrogen and oxygen atoms in total. The third-order valence-corrected chi connectivity index (χ3v) is 4.87. The van der Waals surface area contributed by atoms with E-state index in [0.29, 0.717) is 5.52 Å². The number of benzene rings is 2. The molecule has 37 heavy (non-hydrogen) atoms. The summed E-state index contributed by atoms with van der Waals surface area (Å²) in [4.78, 5) is 52.5. The molecule has 0 saturated carbocycles. The first-order valence-corrected chi connectivity index (χ1v) is 11.0. The summed E-state index contributed by atoms with van der Waals surface area (Å²) in [5.41, 5.74) is -0.337. The lowest BCUT2D eigenvalue weighted by molar-refractivity contribution is -0.140. The van der Waals surface area contributed by atoms with Gasteiger partial charge in [-0.3, -0.25) is 23.7 Å². The molecule has 1 aromatic heterocycles. The number of carbonyl (C=O) groups is 3. The number of amides is 1. The second kappa shape index (κ2) is 12.8. The maximum atomic E-state index is 13.7. The van der Waals surface area contributed by atoms with Crippen LogP contribution in [0.1, 0.15) is 20.3 Å². The number of carboxylic acids is 1. The van der Waals surface area contributed by atoms with Crippen molar-refractivity contribution in [1.82, 2.24) is 14.9 Å². The first-order chi connectivity index (χ1) is 17.5. The number of carboxylic acid groups (broad SMARTS) is 1. The summed E-state index contributed by atoms with van der Waals surface area (Å²) in [6, 6.07) is 2.50. The van der Waals surface area contributed by atoms with Crippen molar-refractivity contribution >= 4 is 40.2 Å². The van der Waals surface area contributed by atoms with Crippen molar-refractivity contribution in [3.63, 3.8) is 0 Å². The van der Waals surface area contributed by atoms with Gasteiger partial charge in [-0.15, -0.1) is 0 Å². The zero-order valence-electron chi connectivity index (χ0n) is 19.4. The van der Waals surface area contributed by atoms with Crippen LogP contribution in [-0.4, -0.2) is 45.0 Å². The van der Waals surface area contributed by atoms with Crippen LogP contribution in [-0.2, 0) is 20.9 Å². The Morgan fingerprint density at radius 2 is 1.73 bits per heavy atom. The first-order valence-electron chi connectivity index (χ1n) is 10.6. The molecule has 0 aliphatic carbocycles. The second-order valence-corrected chi connectivity index (χ2v) is 7.55. The predicted octanol–water partition coefficient (Wildman–Crippen LogP) is 3.24. The van der Waals surface area contributed by atoms with Crippen LogP contribution < -0.4 is 15.6 Å². The molecule has 0 aliphatic rings. The molecule has 0 radical (unpaired) electrons. The minimum atomic E-state index is -1.90. The summed E-state index contributed by atoms with van der Waals surface area (Å²) in [5.74, 6) is -12.6. The third kappa shape index (κ3) is 7.26. The van der Waals surface area contributed by atoms with Gasteiger partial charge in [-0.1, -0.05) is 25.4 Å². The topological polar surface area (TPSA) is 128 Å². The van der Waals surface area contributed by atoms with E-state index in [1.54, 1.807) is 0 Å². The number of ether oxygens (including phenoxy) is 1. The smallest absolute Gasteiger partial charge is 0.305 e. The summed E-state index contributed by atoms with van der Waals surface area (Å²) in [6.07, 6.45) is 0.0935. The standard InChI is InChI=1S/C21H14ClF4N3O6.C2H6/c22-9-1-2-13-10(3-9)21(34)29(8-27-13)6-16(31)28-14(5-17(32)33)15(30)7-35-20-18(25)11(23)4-12(24)19(20)26;1-2/h1-4,8,14H,5-7H2,(H,28,31)(H,32,33);1-2H3/t14-;/m0./s1. The molecule has 0 bridgehead atoms. The van der Waals surface area contributed by atoms with Crippen molar-refractivity contribution in [2.45, 2.75) is 32.9 Å². The molecule has 1 amide bonds. The van der Waals surface area contributed by atoms with Crippen LogP contribution in [0, 0.1) is 23.3 Å². The van der Waals surface area contributed by atoms with E-state index >= 15 is 0 Å². The van der Waals surface area contributed by atoms with Gasteiger partial charge in [0.15, 0.2) is 23.2 Å². The Bertz CT molecular complexity index is 1370. The van der Waals surface area contributed by atoms with Crippen LogP contribution in [0.4, 0.5) is 17.6 Å². The molecule has 3 aromatic rings. The normalized spacial score (nSPS) is 11.3. The van der Waals surface area contributed by atoms with E-state index in [9.17, 15) is 36.7 Å². The zero-order valence-corrected chi connectivity index (χ0v) is 20.1. The van der Waals surface area contributed by atoms with E-state index in [1.807, 2.05) is 13.8 Å². The van der Waals surface area contributed by atoms with E-state index in [0.717, 1.165) is 10.9 Å². The number of carbonyl (C=O) groups excluding carboxylic acids is 2. The highest BCUT2D eigenvalue weighted by molar-refractivity contribution is 6.31. The lowest BCUT2D eigenvalue weighted by Gasteiger charge is -2.17. The molecule has 1 atom stereocenters. The number of halogens is 5. The molecular formula is C23H20ClF4N3O6. The number of aromatic nitrogens is 2. The average Bonchev–Trinajstić information content (AvgIpc) is 2.85. The number of nitrogens with zero attached hydrogens (tertiary/aromatic N) is 2. The predicted molar refractivity (Wildman–Crippen MR) is 123 cm³/mol. The van der Waals surface area contributed by atoms with Crippen LogP contribution in [0.2, 0.25) is 5.02 Å². The number of aliphatic carboxylic acids is 1. The van der Waals surface area contributed by atoms with Gasteiger partial charge in [0.05, 0.1) is 23.7 Å². The molecule has 0 aliphatic heterocycles. The Morgan fingerprint density at radius 3 is 2.32 bits per heavy atom. The summed E-state index contributed by atoms with van der Waals surface area (Å²) >= 11 is 5.86. The second-order valence-electron chi connectivity index (χ2n) is 7.11. The summed E-state index contributed by atoms with van der Waals surface area (Å²) in [7, 11) is 0. The van der Waals surface area contributed by atoms with E-state index in [-0.39, 0.29) is 16.5 Å². The first kappa shape index (κ1) is 29.2. The molecule has 0 fully saturated rings. The maximum Gasteiger partial charge on any atom is 0.305 e. The fraction of sp³-hybridized carbons (Fsp3) is 0.261. The van der Waals surface area contributed by atoms with Gasteiger partial charge in [0.2, 0.25) is 17.5 Å². The number of fused-ring (bicyclic) bond motifs is 1. The molecule has 198 valence electrons. The van der Waals surface area contributed by atoms with Gasteiger partial charge < -0.3 is 15.2 Å². The lowest BCUT2D eigenvalue weighted by atomic mass is 10.1. The SMILES string of the molecule is CC.O=C(O)C[C@H](NC(=O)Cn1cnc2ccc(Cl)cc2c1=O)C(=O)COc1c(F)c(F)cc(F)c1F. The van der Waals surface area contributed by atoms with Gasteiger partial charge in [-0.25, -0.2) is 13.8 Å². The highest BCUT2D eigenvalue weighted by Crippen LogP contribution is 2.26. The van der Waals surface area contributed by atoms with Crippen LogP contribution >= 0.6 is 11.6 Å². The van der Waals surface area contributed by atoms with Crippen LogP contribution in [0.5, 0.6) is 5.75 Å². The van der Waals surface area contributed by atoms with E-state index in [1.165, 1.54) is 18.2 Å². The quantitative estimate of drug-likeness (QED) is 0.312. The maximum absolute atomic E-state index is 13.7. The van der Waals surface area contributed by atoms with Crippen molar-refractivity contribution in [3.05, 3.63) is 69.2 Å². The van der Waals surface area contributed by atoms with Crippen molar-refractivity contribution in [2.24, 2.45) is 0 Å². The van der Waals surface area contributed by atoms with Crippen molar-refractivity contribution in [2.75, 3.05) is 6.61 Å². The Morgan fingerprint density at radius 1 is 1.11 bits per heavy atom. The van der Waals surface area contributed by atoms with Crippen LogP contribution in [0.3, 0.4) is 0 Å². The van der Waals surface area contributed by atoms with Crippen molar-refractivity contribution < 1.29 is 41.8 Å². The van der Waals surface area contributed by atoms with Gasteiger partial charge in [0, 0.05) is 11.1 Å². The summed E-state index contributed by atoms with van der Waals surface area (Å²) in [6.45, 7) is 2.10. The monoisotopic (exact) mass is 545 g/mol. The summed E-state index contributed by atoms with van der Waals surface area (Å²) < 4.78 is 59.4. The Balaban J connectivity index is 0.00000235. The number of rotatable bonds is 9. The fourth-order valence-electron chi connectivity index (χ4n) is 2.98. The molecule has 2 N–H and O–H groups in total. The molecule has 0 saturated heterocycles. The van der Waals surface area contributed by atoms with Crippen LogP contribution in [0.25, 0.3) is 10.9 Å². The molecule has 1 heterocycles. The Labute approximate surface area is 211 Å². The number of nitrogens with one attached hydrogen (secondary N) is 1. The molecule has 0 spiro atoms. The number of hydrogen-bond donors (Lipinski definition) is 2. The molecular weight excluding hydrogens is 526 g/mol. The number of hydrogen-bond acceptors (Lipinski definition) is 6. The molecule has 2 aromatic carbocycles. The van der Waals surface area contributed by atoms with Crippen molar-refractivity contribution in [3.8, 4) is 5.75 Å². The van der Waals surface area contributed by atoms with E-state index in [2.05, 4.69) is 15.0 Å². The largest absolute Gasteiger partial charge is 0.481 e. The van der Waals surface area contributed by atoms with Crippen molar-refractivity contribution in [1.29, 1.82) is 0 Å². The lowest BCUT2D eigenvalue weighted by Crippen LogP contribution is -2.46. The Hall–Kier alpha value is -4.00. The number of Topliss-reactive ketones (excluding diaryl/α,β-unsaturated/α-hetero) is 1. The average molecular weight is 546 g/mol. The minimum absolute atomic E-state index is 0.0651. The molecule has 3 rings (SSSR count). The molecule has 0 unspecified atom stereocenters. The number of ketones is 1.